The van der Waals surface area contributed by atoms with Crippen molar-refractivity contribution < 1.29 is 71.2 Å². The summed E-state index contributed by atoms with van der Waals surface area (Å²) in [4.78, 5) is 175. The molecule has 0 aliphatic heterocycles. The summed E-state index contributed by atoms with van der Waals surface area (Å²) in [5.41, 5.74) is 46.3. The molecule has 6 heterocycles. The normalized spacial score (nSPS) is 10.8. The first-order valence-corrected chi connectivity index (χ1v) is 40.7. The van der Waals surface area contributed by atoms with E-state index in [1.54, 1.807) is 29.7 Å². The van der Waals surface area contributed by atoms with Gasteiger partial charge in [0.05, 0.1) is 78.1 Å². The Morgan fingerprint density at radius 1 is 0.463 bits per heavy atom. The number of imide groups is 2. The van der Waals surface area contributed by atoms with Crippen molar-refractivity contribution >= 4 is 237 Å². The highest BCUT2D eigenvalue weighted by Gasteiger charge is 2.39. The topological polar surface area (TPSA) is 577 Å². The molecule has 10 aromatic rings. The second kappa shape index (κ2) is 49.9. The average Bonchev–Trinajstić information content (AvgIpc) is 1.40. The minimum Gasteiger partial charge on any atom is -0.431 e. The SMILES string of the molecule is CC(=O)NC(=O)C(SCC(N)=O)N(C(=O)CSc1ccncc1)C(SCC(N)=O)C(N)=O.CC(=O)NC(=O)CSc1nc2ccccc2o1.CSCC(N)=O.NC(=O)CSc1ccccn1.NC(=O)CSc1nc2ccccc2[nH]1.NC(=O)CSc1nc2ccccc2o1.NC(=O)CSc1nc2ccccc2s1. The van der Waals surface area contributed by atoms with Gasteiger partial charge in [-0.15, -0.1) is 46.6 Å². The summed E-state index contributed by atoms with van der Waals surface area (Å²) >= 11 is 11.8. The molecule has 33 nitrogen and oxygen atoms in total. The molecule has 19 N–H and O–H groups in total. The number of aromatic nitrogens is 7. The maximum Gasteiger partial charge on any atom is 0.259 e. The van der Waals surface area contributed by atoms with Crippen LogP contribution in [-0.2, 0) is 62.3 Å². The number of primary amides is 8. The summed E-state index contributed by atoms with van der Waals surface area (Å²) in [6.45, 7) is 2.37. The number of H-pyrrole nitrogens is 1. The lowest BCUT2D eigenvalue weighted by molar-refractivity contribution is -0.140. The molecule has 2 unspecified atom stereocenters. The van der Waals surface area contributed by atoms with E-state index in [2.05, 4.69) is 40.2 Å². The molecule has 43 heteroatoms. The highest BCUT2D eigenvalue weighted by molar-refractivity contribution is 8.03. The Labute approximate surface area is 658 Å². The number of oxazole rings is 2. The van der Waals surface area contributed by atoms with E-state index in [0.717, 1.165) is 87.7 Å². The minimum absolute atomic E-state index is 0.104. The predicted octanol–water partition coefficient (Wildman–Crippen LogP) is 4.74. The number of pyridine rings is 2. The Morgan fingerprint density at radius 2 is 0.944 bits per heavy atom. The number of thioether (sulfide) groups is 9. The molecule has 6 aromatic heterocycles. The van der Waals surface area contributed by atoms with Crippen LogP contribution in [0.15, 0.2) is 185 Å². The van der Waals surface area contributed by atoms with Crippen LogP contribution in [0.4, 0.5) is 0 Å². The van der Waals surface area contributed by atoms with Gasteiger partial charge in [0.2, 0.25) is 65.0 Å². The van der Waals surface area contributed by atoms with Crippen LogP contribution in [0.25, 0.3) is 43.4 Å². The molecule has 0 saturated heterocycles. The number of hydrogen-bond acceptors (Lipinski definition) is 31. The Morgan fingerprint density at radius 3 is 1.44 bits per heavy atom. The monoisotopic (exact) mass is 1660 g/mol. The fourth-order valence-electron chi connectivity index (χ4n) is 7.40. The molecule has 13 amide bonds. The highest BCUT2D eigenvalue weighted by Crippen LogP contribution is 2.31. The van der Waals surface area contributed by atoms with Gasteiger partial charge in [0.1, 0.15) is 11.0 Å². The predicted molar refractivity (Wildman–Crippen MR) is 425 cm³/mol. The third-order valence-electron chi connectivity index (χ3n) is 11.5. The van der Waals surface area contributed by atoms with Crippen molar-refractivity contribution in [1.82, 2.24) is 50.4 Å². The number of benzene rings is 4. The number of nitrogens with one attached hydrogen (secondary N) is 3. The minimum atomic E-state index is -1.52. The van der Waals surface area contributed by atoms with E-state index in [1.165, 1.54) is 78.1 Å². The van der Waals surface area contributed by atoms with Crippen molar-refractivity contribution in [3.8, 4) is 0 Å². The summed E-state index contributed by atoms with van der Waals surface area (Å²) in [5, 5.41) is 3.64. The van der Waals surface area contributed by atoms with Crippen LogP contribution in [0, 0.1) is 0 Å². The molecular weight excluding hydrogens is 1590 g/mol. The van der Waals surface area contributed by atoms with Crippen molar-refractivity contribution in [2.45, 2.75) is 54.5 Å². The summed E-state index contributed by atoms with van der Waals surface area (Å²) in [6.07, 6.45) is 6.56. The maximum absolute atomic E-state index is 13.1. The van der Waals surface area contributed by atoms with Gasteiger partial charge in [-0.3, -0.25) is 82.8 Å². The fraction of sp³-hybridized carbons (Fsp3) is 0.215. The molecule has 2 atom stereocenters. The van der Waals surface area contributed by atoms with Gasteiger partial charge in [-0.25, -0.2) is 24.9 Å². The van der Waals surface area contributed by atoms with Gasteiger partial charge in [-0.2, -0.15) is 11.8 Å². The third kappa shape index (κ3) is 37.1. The van der Waals surface area contributed by atoms with Gasteiger partial charge in [0.15, 0.2) is 31.4 Å². The van der Waals surface area contributed by atoms with E-state index in [1.807, 2.05) is 127 Å². The molecule has 0 bridgehead atoms. The molecule has 10 rings (SSSR count). The van der Waals surface area contributed by atoms with Crippen LogP contribution in [-0.4, -0.2) is 185 Å². The number of hydrogen-bond donors (Lipinski definition) is 11. The van der Waals surface area contributed by atoms with E-state index < -0.39 is 51.9 Å². The lowest BCUT2D eigenvalue weighted by Gasteiger charge is -2.34. The molecule has 0 aliphatic carbocycles. The Hall–Kier alpha value is -9.86. The number of aromatic amines is 1. The first-order chi connectivity index (χ1) is 51.5. The summed E-state index contributed by atoms with van der Waals surface area (Å²) in [7, 11) is 0. The van der Waals surface area contributed by atoms with Crippen LogP contribution in [0.3, 0.4) is 0 Å². The Bertz CT molecular complexity index is 4310. The molecule has 0 fully saturated rings. The zero-order valence-corrected chi connectivity index (χ0v) is 65.5. The first-order valence-electron chi connectivity index (χ1n) is 30.5. The zero-order chi connectivity index (χ0) is 79.5. The van der Waals surface area contributed by atoms with Crippen molar-refractivity contribution in [2.75, 3.05) is 58.0 Å². The molecule has 572 valence electrons. The van der Waals surface area contributed by atoms with Gasteiger partial charge >= 0.3 is 0 Å². The molecule has 0 aliphatic rings. The summed E-state index contributed by atoms with van der Waals surface area (Å²) in [6, 6.07) is 39.2. The van der Waals surface area contributed by atoms with Gasteiger partial charge in [-0.1, -0.05) is 113 Å². The van der Waals surface area contributed by atoms with Crippen LogP contribution in [0.1, 0.15) is 13.8 Å². The molecule has 0 saturated carbocycles. The van der Waals surface area contributed by atoms with Crippen LogP contribution >= 0.6 is 117 Å². The number of amides is 13. The van der Waals surface area contributed by atoms with Gasteiger partial charge < -0.3 is 59.7 Å². The van der Waals surface area contributed by atoms with Crippen molar-refractivity contribution in [1.29, 1.82) is 0 Å². The van der Waals surface area contributed by atoms with Crippen LogP contribution in [0.5, 0.6) is 0 Å². The lowest BCUT2D eigenvalue weighted by atomic mass is 10.3. The zero-order valence-electron chi connectivity index (χ0n) is 57.3. The van der Waals surface area contributed by atoms with Crippen molar-refractivity contribution in [3.05, 3.63) is 146 Å². The fourth-order valence-corrected chi connectivity index (χ4v) is 14.6. The highest BCUT2D eigenvalue weighted by atomic mass is 32.2. The Kier molecular flexibility index (Phi) is 41.8. The standard InChI is InChI=1S/C17H22N6O6S3.C11H10N2O3S.C9H9N3OS.C9H8N2O2S.C9H8N2OS2.C7H8N2OS.C3H7NOS/c1-9(24)22-15(29)17(32-7-12(19)26)23(16(14(20)28)31-6-11(18)25)13(27)8-30-10-2-4-21-5-3-10;1-7(14)12-10(15)6-17-11-13-8-4-2-3-5-9(8)16-11;10-8(13)5-14-9-11-6-3-1-2-4-7(6)12-9;10-8(12)5-14-9-11-6-3-1-2-4-7(6)13-9;10-8(12)5-13-9-11-6-3-1-2-4-7(6)14-9;8-6(10)5-11-7-3-1-2-4-9-7;1-6-2-3(4)5/h2-5,16-17H,6-8H2,1H3,(H2,18,25)(H2,19,26)(H2,20,28)(H,22,24,29);2-5H,6H2,1H3,(H,12,14,15);1-4H,5H2,(H2,10,13)(H,11,12);2*1-4H,5H2,(H2,10,12);1-4H,5H2,(H2,8,10);2H2,1H3,(H2,4,5). The lowest BCUT2D eigenvalue weighted by Crippen LogP contribution is -2.56. The summed E-state index contributed by atoms with van der Waals surface area (Å²) < 4.78 is 12.8. The molecular formula is C65H72N18O15S10. The quantitative estimate of drug-likeness (QED) is 0.0214. The first kappa shape index (κ1) is 90.5. The second-order valence-corrected chi connectivity index (χ2v) is 30.5. The molecule has 0 radical (unpaired) electrons. The molecule has 108 heavy (non-hydrogen) atoms. The number of carbonyl (C=O) groups is 13. The van der Waals surface area contributed by atoms with Gasteiger partial charge in [0, 0.05) is 37.3 Å². The smallest absolute Gasteiger partial charge is 0.259 e. The van der Waals surface area contributed by atoms with Crippen molar-refractivity contribution in [2.24, 2.45) is 45.9 Å². The molecule has 0 spiro atoms. The number of nitrogens with two attached hydrogens (primary N) is 8. The number of nitrogens with zero attached hydrogens (tertiary/aromatic N) is 7. The molecule has 4 aromatic carbocycles. The van der Waals surface area contributed by atoms with E-state index in [4.69, 9.17) is 54.7 Å². The number of carbonyl (C=O) groups excluding carboxylic acids is 13. The maximum atomic E-state index is 13.1. The van der Waals surface area contributed by atoms with E-state index in [-0.39, 0.29) is 75.9 Å². The Balaban J connectivity index is 0.000000280. The van der Waals surface area contributed by atoms with Crippen molar-refractivity contribution in [3.63, 3.8) is 0 Å². The van der Waals surface area contributed by atoms with E-state index >= 15 is 0 Å². The van der Waals surface area contributed by atoms with Gasteiger partial charge in [0.25, 0.3) is 22.3 Å². The number of fused-ring (bicyclic) bond motifs is 4. The largest absolute Gasteiger partial charge is 0.431 e. The second-order valence-electron chi connectivity index (χ2n) is 20.4. The van der Waals surface area contributed by atoms with Gasteiger partial charge in [-0.05, 0) is 79.1 Å². The number of thiazole rings is 1. The summed E-state index contributed by atoms with van der Waals surface area (Å²) in [5.74, 6) is -6.78. The number of para-hydroxylation sites is 7. The third-order valence-corrected chi connectivity index (χ3v) is 21.2. The number of rotatable bonds is 30. The number of imidazole rings is 1. The van der Waals surface area contributed by atoms with E-state index in [0.29, 0.717) is 56.0 Å². The van der Waals surface area contributed by atoms with E-state index in [9.17, 15) is 62.3 Å². The van der Waals surface area contributed by atoms with Crippen LogP contribution in [0.2, 0.25) is 0 Å². The van der Waals surface area contributed by atoms with Crippen LogP contribution < -0.4 is 56.5 Å². The average molecular weight is 1670 g/mol.